The number of aryl methyl sites for hydroxylation is 1. The molecule has 106 valence electrons. The molecule has 1 saturated carbocycles. The Morgan fingerprint density at radius 1 is 1.32 bits per heavy atom. The maximum Gasteiger partial charge on any atom is 0.319 e. The first kappa shape index (κ1) is 14.0. The number of rotatable bonds is 5. The molecule has 0 amide bonds. The number of hydrogen-bond acceptors (Lipinski definition) is 4. The van der Waals surface area contributed by atoms with Crippen LogP contribution in [0.25, 0.3) is 0 Å². The van der Waals surface area contributed by atoms with Gasteiger partial charge in [-0.05, 0) is 26.2 Å². The van der Waals surface area contributed by atoms with Crippen molar-refractivity contribution in [1.29, 1.82) is 0 Å². The van der Waals surface area contributed by atoms with E-state index in [0.717, 1.165) is 44.3 Å². The molecule has 0 aromatic carbocycles. The summed E-state index contributed by atoms with van der Waals surface area (Å²) in [5.74, 6) is 1.34. The fraction of sp³-hybridized carbons (Fsp3) is 0.786. The molecule has 19 heavy (non-hydrogen) atoms. The Kier molecular flexibility index (Phi) is 4.56. The number of aromatic nitrogens is 3. The van der Waals surface area contributed by atoms with Gasteiger partial charge in [0, 0.05) is 6.42 Å². The SMILES string of the molecule is CCCc1nc(C2(C(=O)OCC)CCCCC2)n[nH]1. The number of H-pyrrole nitrogens is 1. The second-order valence-electron chi connectivity index (χ2n) is 5.22. The molecule has 1 aromatic rings. The summed E-state index contributed by atoms with van der Waals surface area (Å²) in [5, 5.41) is 7.25. The molecule has 1 heterocycles. The smallest absolute Gasteiger partial charge is 0.319 e. The number of nitrogens with one attached hydrogen (secondary N) is 1. The Morgan fingerprint density at radius 3 is 2.68 bits per heavy atom. The minimum atomic E-state index is -0.614. The number of esters is 1. The molecule has 5 heteroatoms. The van der Waals surface area contributed by atoms with Gasteiger partial charge in [-0.1, -0.05) is 26.2 Å². The van der Waals surface area contributed by atoms with Gasteiger partial charge in [-0.3, -0.25) is 9.89 Å². The highest BCUT2D eigenvalue weighted by molar-refractivity contribution is 5.82. The fourth-order valence-corrected chi connectivity index (χ4v) is 2.80. The molecule has 0 spiro atoms. The van der Waals surface area contributed by atoms with E-state index in [0.29, 0.717) is 12.4 Å². The van der Waals surface area contributed by atoms with Gasteiger partial charge in [0.15, 0.2) is 5.82 Å². The van der Waals surface area contributed by atoms with Gasteiger partial charge in [0.2, 0.25) is 0 Å². The quantitative estimate of drug-likeness (QED) is 0.831. The first-order chi connectivity index (χ1) is 9.23. The van der Waals surface area contributed by atoms with Crippen LogP contribution in [-0.4, -0.2) is 27.8 Å². The molecule has 2 rings (SSSR count). The predicted octanol–water partition coefficient (Wildman–Crippen LogP) is 2.52. The van der Waals surface area contributed by atoms with E-state index in [2.05, 4.69) is 22.1 Å². The highest BCUT2D eigenvalue weighted by atomic mass is 16.5. The molecule has 1 N–H and O–H groups in total. The van der Waals surface area contributed by atoms with Crippen LogP contribution in [0.3, 0.4) is 0 Å². The van der Waals surface area contributed by atoms with Crippen LogP contribution in [0.1, 0.15) is 64.0 Å². The predicted molar refractivity (Wildman–Crippen MR) is 71.8 cm³/mol. The summed E-state index contributed by atoms with van der Waals surface area (Å²) in [5.41, 5.74) is -0.614. The lowest BCUT2D eigenvalue weighted by molar-refractivity contribution is -0.152. The minimum Gasteiger partial charge on any atom is -0.465 e. The van der Waals surface area contributed by atoms with Crippen molar-refractivity contribution < 1.29 is 9.53 Å². The van der Waals surface area contributed by atoms with Gasteiger partial charge in [0.1, 0.15) is 11.2 Å². The van der Waals surface area contributed by atoms with Crippen molar-refractivity contribution in [3.05, 3.63) is 11.6 Å². The van der Waals surface area contributed by atoms with Crippen LogP contribution < -0.4 is 0 Å². The minimum absolute atomic E-state index is 0.156. The Hall–Kier alpha value is -1.39. The zero-order chi connectivity index (χ0) is 13.7. The molecule has 1 fully saturated rings. The number of aromatic amines is 1. The zero-order valence-corrected chi connectivity index (χ0v) is 11.9. The number of hydrogen-bond donors (Lipinski definition) is 1. The third-order valence-electron chi connectivity index (χ3n) is 3.82. The Bertz CT molecular complexity index is 422. The van der Waals surface area contributed by atoms with E-state index in [1.54, 1.807) is 0 Å². The summed E-state index contributed by atoms with van der Waals surface area (Å²) < 4.78 is 5.28. The summed E-state index contributed by atoms with van der Waals surface area (Å²) in [6.07, 6.45) is 6.73. The van der Waals surface area contributed by atoms with Crippen LogP contribution in [-0.2, 0) is 21.4 Å². The summed E-state index contributed by atoms with van der Waals surface area (Å²) in [7, 11) is 0. The van der Waals surface area contributed by atoms with Crippen LogP contribution in [0.2, 0.25) is 0 Å². The van der Waals surface area contributed by atoms with Crippen LogP contribution in [0, 0.1) is 0 Å². The monoisotopic (exact) mass is 265 g/mol. The summed E-state index contributed by atoms with van der Waals surface area (Å²) >= 11 is 0. The molecule has 0 bridgehead atoms. The molecule has 0 radical (unpaired) electrons. The van der Waals surface area contributed by atoms with Gasteiger partial charge in [-0.25, -0.2) is 4.98 Å². The third kappa shape index (κ3) is 2.80. The topological polar surface area (TPSA) is 67.9 Å². The van der Waals surface area contributed by atoms with Gasteiger partial charge in [-0.2, -0.15) is 5.10 Å². The van der Waals surface area contributed by atoms with E-state index in [4.69, 9.17) is 4.74 Å². The molecule has 1 aliphatic rings. The first-order valence-electron chi connectivity index (χ1n) is 7.32. The van der Waals surface area contributed by atoms with E-state index in [1.807, 2.05) is 6.92 Å². The molecule has 1 aliphatic carbocycles. The number of carbonyl (C=O) groups excluding carboxylic acids is 1. The molecule has 0 saturated heterocycles. The average molecular weight is 265 g/mol. The summed E-state index contributed by atoms with van der Waals surface area (Å²) in [6.45, 7) is 4.35. The lowest BCUT2D eigenvalue weighted by atomic mass is 9.73. The van der Waals surface area contributed by atoms with Crippen molar-refractivity contribution in [2.75, 3.05) is 6.61 Å². The number of ether oxygens (including phenoxy) is 1. The van der Waals surface area contributed by atoms with Gasteiger partial charge >= 0.3 is 5.97 Å². The summed E-state index contributed by atoms with van der Waals surface area (Å²) in [4.78, 5) is 16.9. The van der Waals surface area contributed by atoms with Crippen molar-refractivity contribution in [2.24, 2.45) is 0 Å². The van der Waals surface area contributed by atoms with E-state index >= 15 is 0 Å². The molecule has 0 unspecified atom stereocenters. The van der Waals surface area contributed by atoms with Crippen molar-refractivity contribution in [1.82, 2.24) is 15.2 Å². The third-order valence-corrected chi connectivity index (χ3v) is 3.82. The van der Waals surface area contributed by atoms with Crippen molar-refractivity contribution in [2.45, 2.75) is 64.2 Å². The van der Waals surface area contributed by atoms with E-state index < -0.39 is 5.41 Å². The molecular formula is C14H23N3O2. The number of nitrogens with zero attached hydrogens (tertiary/aromatic N) is 2. The highest BCUT2D eigenvalue weighted by Gasteiger charge is 2.45. The lowest BCUT2D eigenvalue weighted by Gasteiger charge is -2.32. The van der Waals surface area contributed by atoms with Crippen molar-refractivity contribution in [3.8, 4) is 0 Å². The van der Waals surface area contributed by atoms with Gasteiger partial charge in [0.25, 0.3) is 0 Å². The normalized spacial score (nSPS) is 18.2. The molecule has 1 aromatic heterocycles. The largest absolute Gasteiger partial charge is 0.465 e. The molecule has 0 atom stereocenters. The Labute approximate surface area is 114 Å². The second kappa shape index (κ2) is 6.17. The average Bonchev–Trinajstić information content (AvgIpc) is 2.89. The van der Waals surface area contributed by atoms with E-state index in [-0.39, 0.29) is 5.97 Å². The van der Waals surface area contributed by atoms with Crippen LogP contribution in [0.5, 0.6) is 0 Å². The van der Waals surface area contributed by atoms with Crippen LogP contribution in [0.4, 0.5) is 0 Å². The van der Waals surface area contributed by atoms with Crippen molar-refractivity contribution in [3.63, 3.8) is 0 Å². The molecular weight excluding hydrogens is 242 g/mol. The maximum absolute atomic E-state index is 12.4. The van der Waals surface area contributed by atoms with E-state index in [1.165, 1.54) is 6.42 Å². The molecule has 0 aliphatic heterocycles. The summed E-state index contributed by atoms with van der Waals surface area (Å²) in [6, 6.07) is 0. The van der Waals surface area contributed by atoms with Gasteiger partial charge in [-0.15, -0.1) is 0 Å². The van der Waals surface area contributed by atoms with Crippen LogP contribution in [0.15, 0.2) is 0 Å². The highest BCUT2D eigenvalue weighted by Crippen LogP contribution is 2.38. The molecule has 5 nitrogen and oxygen atoms in total. The second-order valence-corrected chi connectivity index (χ2v) is 5.22. The fourth-order valence-electron chi connectivity index (χ4n) is 2.80. The first-order valence-corrected chi connectivity index (χ1v) is 7.32. The van der Waals surface area contributed by atoms with Crippen LogP contribution >= 0.6 is 0 Å². The number of carbonyl (C=O) groups is 1. The van der Waals surface area contributed by atoms with Gasteiger partial charge in [0.05, 0.1) is 6.61 Å². The zero-order valence-electron chi connectivity index (χ0n) is 11.9. The maximum atomic E-state index is 12.4. The lowest BCUT2D eigenvalue weighted by Crippen LogP contribution is -2.40. The Balaban J connectivity index is 2.27. The standard InChI is InChI=1S/C14H23N3O2/c1-3-8-11-15-12(17-16-11)14(13(18)19-4-2)9-6-5-7-10-14/h3-10H2,1-2H3,(H,15,16,17). The van der Waals surface area contributed by atoms with Gasteiger partial charge < -0.3 is 4.74 Å². The Morgan fingerprint density at radius 2 is 2.05 bits per heavy atom. The van der Waals surface area contributed by atoms with E-state index in [9.17, 15) is 4.79 Å². The van der Waals surface area contributed by atoms with Crippen molar-refractivity contribution >= 4 is 5.97 Å².